The van der Waals surface area contributed by atoms with Gasteiger partial charge in [0.25, 0.3) is 40.5 Å². The van der Waals surface area contributed by atoms with Gasteiger partial charge in [0.1, 0.15) is 36.7 Å². The number of carboxylic acids is 2. The third-order valence-electron chi connectivity index (χ3n) is 29.4. The number of hydrogen-bond acceptors (Lipinski definition) is 41. The molecule has 8 aliphatic heterocycles. The van der Waals surface area contributed by atoms with Gasteiger partial charge < -0.3 is 177 Å². The molecule has 0 bridgehead atoms. The zero-order chi connectivity index (χ0) is 108. The summed E-state index contributed by atoms with van der Waals surface area (Å²) in [5, 5.41) is 162. The summed E-state index contributed by atoms with van der Waals surface area (Å²) in [7, 11) is 13.5. The van der Waals surface area contributed by atoms with Gasteiger partial charge in [0.05, 0.1) is 141 Å². The van der Waals surface area contributed by atoms with Crippen molar-refractivity contribution >= 4 is 41.8 Å². The molecule has 0 aromatic carbocycles. The summed E-state index contributed by atoms with van der Waals surface area (Å²) in [4.78, 5) is 81.8. The first-order valence-electron chi connectivity index (χ1n) is 47.5. The van der Waals surface area contributed by atoms with Gasteiger partial charge in [-0.15, -0.1) is 0 Å². The summed E-state index contributed by atoms with van der Waals surface area (Å²) in [6, 6.07) is 0. The van der Waals surface area contributed by atoms with Crippen molar-refractivity contribution in [3.8, 4) is 0 Å². The fourth-order valence-corrected chi connectivity index (χ4v) is 18.6. The van der Waals surface area contributed by atoms with E-state index in [1.54, 1.807) is 27.7 Å². The van der Waals surface area contributed by atoms with Crippen molar-refractivity contribution in [2.45, 2.75) is 371 Å². The standard InChI is InChI=1S/C15H27FO4.C15H26O8.2C15H28O5.C14H26O6.C10H17FO7.C10H18O8/c1-7-12(16)11(4)13-10(3)9(2)8-15(19-6,20-13)14(17)18-5;1-8-9(16)6-15(20-5,13(18)19-4)23-12(8)11(17)10-7-21-14(2,3)22-10;2*1-7-12(16)11(4)13-10(3)9(2)8-15(19-6,20-13)14(17)18-5;1-8-6-14(19-5,13(17)18-4)20-12(9(8)2)10(3)11(16)7-15;1-4-6(13)2-10(17,9(15)16)18-8(4)7(14)5(11)3-12;1-4-5(12)2-10(17,9(15)16)18-8(4)7(14)6(13)3-11/h9-13H,7-8H2,1-6H3;8-12,16-17H,6-7H2,1-5H3;2*9-13,16H,7-8H2,1-6H3;8-12,15-16H,6-7H2,1-5H3;4-8,12-14,17H,2-3H2,1H3,(H,15,16);4-8,11-14,17H,2-3H2,1H3,(H,15,16)/t9-,10-,11-,12-,13?,15+;8-,9-,10-,11-,12?,15+;9-,10-,11-,12+,13?,15+;9-,10-,11-,12-,13?,15+;8-,9-,10-,11-,12?,14+;2*4-,5-,6-,7-,8?,10+/m1111111/s1. The quantitative estimate of drug-likeness (QED) is 0.0340. The zero-order valence-electron chi connectivity index (χ0n) is 86.6. The molecular weight excluding hydrogens is 1850 g/mol. The van der Waals surface area contributed by atoms with Gasteiger partial charge in [-0.25, -0.2) is 42.3 Å². The van der Waals surface area contributed by atoms with Crippen molar-refractivity contribution in [3.05, 3.63) is 0 Å². The van der Waals surface area contributed by atoms with Crippen LogP contribution in [0.5, 0.6) is 0 Å². The van der Waals surface area contributed by atoms with Crippen LogP contribution in [0.15, 0.2) is 0 Å². The van der Waals surface area contributed by atoms with Gasteiger partial charge in [0.2, 0.25) is 0 Å². The van der Waals surface area contributed by atoms with Crippen LogP contribution >= 0.6 is 0 Å². The van der Waals surface area contributed by atoms with E-state index in [-0.39, 0.29) is 109 Å². The van der Waals surface area contributed by atoms with E-state index >= 15 is 0 Å². The van der Waals surface area contributed by atoms with Crippen LogP contribution in [0.3, 0.4) is 0 Å². The largest absolute Gasteiger partial charge is 0.477 e. The maximum atomic E-state index is 14.0. The molecule has 139 heavy (non-hydrogen) atoms. The van der Waals surface area contributed by atoms with Crippen LogP contribution in [0, 0.1) is 88.8 Å². The van der Waals surface area contributed by atoms with E-state index in [1.807, 2.05) is 69.2 Å². The van der Waals surface area contributed by atoms with Crippen LogP contribution in [0.1, 0.15) is 203 Å². The molecule has 0 aliphatic carbocycles. The molecule has 0 amide bonds. The van der Waals surface area contributed by atoms with Crippen molar-refractivity contribution in [2.75, 3.05) is 97.5 Å². The Morgan fingerprint density at radius 1 is 0.338 bits per heavy atom. The Morgan fingerprint density at radius 3 is 0.856 bits per heavy atom. The van der Waals surface area contributed by atoms with Gasteiger partial charge in [0.15, 0.2) is 12.0 Å². The number of carbonyl (C=O) groups is 7. The molecule has 0 saturated carbocycles. The molecule has 43 nitrogen and oxygen atoms in total. The maximum Gasteiger partial charge on any atom is 0.366 e. The molecule has 42 atom stereocenters. The Hall–Kier alpha value is -5.01. The fourth-order valence-electron chi connectivity index (χ4n) is 18.6. The van der Waals surface area contributed by atoms with E-state index in [4.69, 9.17) is 116 Å². The monoisotopic (exact) mass is 2030 g/mol. The summed E-state index contributed by atoms with van der Waals surface area (Å²) in [5.74, 6) is -20.9. The van der Waals surface area contributed by atoms with Crippen LogP contribution in [0.2, 0.25) is 0 Å². The van der Waals surface area contributed by atoms with Crippen molar-refractivity contribution in [3.63, 3.8) is 0 Å². The molecule has 8 saturated heterocycles. The van der Waals surface area contributed by atoms with Gasteiger partial charge >= 0.3 is 41.8 Å². The number of carbonyl (C=O) groups excluding carboxylic acids is 5. The number of esters is 5. The maximum absolute atomic E-state index is 14.0. The molecule has 8 heterocycles. The second-order valence-electron chi connectivity index (χ2n) is 38.9. The van der Waals surface area contributed by atoms with Gasteiger partial charge in [0, 0.05) is 122 Å². The normalized spacial score (nSPS) is 38.7. The lowest BCUT2D eigenvalue weighted by Crippen LogP contribution is -2.61. The van der Waals surface area contributed by atoms with Gasteiger partial charge in [-0.1, -0.05) is 125 Å². The first-order chi connectivity index (χ1) is 64.4. The summed E-state index contributed by atoms with van der Waals surface area (Å²) >= 11 is 0. The minimum Gasteiger partial charge on any atom is -0.477 e. The van der Waals surface area contributed by atoms with Crippen LogP contribution in [0.25, 0.3) is 0 Å². The van der Waals surface area contributed by atoms with Gasteiger partial charge in [-0.2, -0.15) is 0 Å². The SMILES string of the molecule is CC[C@@H](F)[C@@H](C)C1O[C@](OC)(C(=O)OC)C[C@@H](C)[C@H]1C.CC[C@@H](O)[C@@H](C)C1O[C@](OC)(C(=O)OC)C[C@@H](C)[C@H]1C.CC[C@H](O)[C@@H](C)C1O[C@](OC)(C(=O)OC)C[C@@H](C)[C@H]1C.COC(=O)[C@]1(OC)C[C@@H](C)[C@@H](C)C([C@H](C)[C@H](O)CO)O1.COC(=O)[C@]1(OC)C[C@@H](O)[C@@H](C)C([C@H](O)[C@H]2COC(C)(C)O2)O1.C[C@H]1C([C@H](O)[C@H](F)CO)O[C@](O)(C(=O)O)C[C@H]1O.C[C@H]1C([C@H](O)[C@H](O)CO)O[C@](O)(C(=O)O)C[C@H]1O. The summed E-state index contributed by atoms with van der Waals surface area (Å²) in [5.41, 5.74) is 0. The summed E-state index contributed by atoms with van der Waals surface area (Å²) in [6.07, 6.45) is -17.6. The van der Waals surface area contributed by atoms with Crippen molar-refractivity contribution in [1.29, 1.82) is 0 Å². The molecule has 8 rings (SSSR count). The second kappa shape index (κ2) is 56.8. The molecule has 0 radical (unpaired) electrons. The third kappa shape index (κ3) is 32.0. The number of halogens is 2. The first-order valence-corrected chi connectivity index (χ1v) is 47.5. The van der Waals surface area contributed by atoms with E-state index < -0.39 is 236 Å². The predicted octanol–water partition coefficient (Wildman–Crippen LogP) is 2.74. The Balaban J connectivity index is 0.000000549. The average molecular weight is 2030 g/mol. The molecule has 7 unspecified atom stereocenters. The number of rotatable bonds is 32. The molecular formula is C94H170F2O43. The lowest BCUT2D eigenvalue weighted by Gasteiger charge is -2.47. The Morgan fingerprint density at radius 2 is 0.604 bits per heavy atom. The number of carboxylic acid groups (broad SMARTS) is 2. The van der Waals surface area contributed by atoms with E-state index in [0.717, 1.165) is 0 Å². The highest BCUT2D eigenvalue weighted by molar-refractivity contribution is 5.80. The zero-order valence-corrected chi connectivity index (χ0v) is 86.6. The lowest BCUT2D eigenvalue weighted by atomic mass is 9.76. The number of aliphatic hydroxyl groups is 15. The number of aliphatic hydroxyl groups excluding tert-OH is 13. The number of ether oxygens (including phenoxy) is 19. The smallest absolute Gasteiger partial charge is 0.366 e. The number of alkyl halides is 2. The highest BCUT2D eigenvalue weighted by Gasteiger charge is 2.61. The Kier molecular flexibility index (Phi) is 53.1. The minimum atomic E-state index is -2.67. The predicted molar refractivity (Wildman–Crippen MR) is 485 cm³/mol. The van der Waals surface area contributed by atoms with Crippen LogP contribution < -0.4 is 0 Å². The summed E-state index contributed by atoms with van der Waals surface area (Å²) in [6.45, 7) is 35.8. The van der Waals surface area contributed by atoms with Crippen LogP contribution in [-0.2, 0) is 124 Å². The molecule has 0 spiro atoms. The Labute approximate surface area is 815 Å². The lowest BCUT2D eigenvalue weighted by molar-refractivity contribution is -0.312. The highest BCUT2D eigenvalue weighted by Crippen LogP contribution is 2.48. The van der Waals surface area contributed by atoms with E-state index in [9.17, 15) is 104 Å². The summed E-state index contributed by atoms with van der Waals surface area (Å²) < 4.78 is 128. The third-order valence-corrected chi connectivity index (χ3v) is 29.4. The molecule has 818 valence electrons. The van der Waals surface area contributed by atoms with Crippen molar-refractivity contribution in [1.82, 2.24) is 0 Å². The number of hydrogen-bond donors (Lipinski definition) is 17. The molecule has 8 aliphatic rings. The van der Waals surface area contributed by atoms with Crippen molar-refractivity contribution < 1.29 is 219 Å². The molecule has 0 aromatic heterocycles. The van der Waals surface area contributed by atoms with Gasteiger partial charge in [-0.05, 0) is 80.5 Å². The number of aliphatic carboxylic acids is 2. The fraction of sp³-hybridized carbons (Fsp3) is 0.926. The van der Waals surface area contributed by atoms with E-state index in [0.29, 0.717) is 44.9 Å². The van der Waals surface area contributed by atoms with Crippen LogP contribution in [0.4, 0.5) is 8.78 Å². The first kappa shape index (κ1) is 130. The molecule has 8 fully saturated rings. The van der Waals surface area contributed by atoms with Gasteiger partial charge in [-0.3, -0.25) is 0 Å². The topological polar surface area (TPSA) is 639 Å². The average Bonchev–Trinajstić information content (AvgIpc) is 1.75. The molecule has 17 N–H and O–H groups in total. The minimum absolute atomic E-state index is 0.0723. The van der Waals surface area contributed by atoms with Crippen LogP contribution in [-0.4, -0.2) is 395 Å². The molecule has 45 heteroatoms. The van der Waals surface area contributed by atoms with Crippen molar-refractivity contribution in [2.24, 2.45) is 88.8 Å². The van der Waals surface area contributed by atoms with E-state index in [1.165, 1.54) is 84.9 Å². The van der Waals surface area contributed by atoms with E-state index in [2.05, 4.69) is 27.7 Å². The number of methoxy groups -OCH3 is 10. The Bertz CT molecular complexity index is 3360. The molecule has 0 aromatic rings. The highest BCUT2D eigenvalue weighted by atomic mass is 19.1. The second-order valence-corrected chi connectivity index (χ2v) is 38.9.